The Balaban J connectivity index is 2.54. The van der Waals surface area contributed by atoms with Gasteiger partial charge in [0.25, 0.3) is 0 Å². The van der Waals surface area contributed by atoms with E-state index in [2.05, 4.69) is 4.98 Å². The van der Waals surface area contributed by atoms with Gasteiger partial charge in [0.2, 0.25) is 5.78 Å². The van der Waals surface area contributed by atoms with Crippen molar-refractivity contribution in [3.05, 3.63) is 49.7 Å². The standard InChI is InChI=1S/C21H24Cl3F2NO2/c1-19(2,3)11-7-10(8-12(16(11)28)20(4,5)6)9-21(25,26)17(29)15-13(22)14(23)18(24)27-15/h7-8,27-28H,9H2,1-6H3. The van der Waals surface area contributed by atoms with Gasteiger partial charge in [0.15, 0.2) is 0 Å². The van der Waals surface area contributed by atoms with Crippen molar-refractivity contribution >= 4 is 40.6 Å². The van der Waals surface area contributed by atoms with Gasteiger partial charge in [-0.3, -0.25) is 4.79 Å². The maximum Gasteiger partial charge on any atom is 0.315 e. The van der Waals surface area contributed by atoms with Gasteiger partial charge in [0, 0.05) is 6.42 Å². The third-order valence-electron chi connectivity index (χ3n) is 4.61. The number of ketones is 1. The first-order chi connectivity index (χ1) is 13.0. The molecule has 29 heavy (non-hydrogen) atoms. The van der Waals surface area contributed by atoms with Gasteiger partial charge < -0.3 is 10.1 Å². The summed E-state index contributed by atoms with van der Waals surface area (Å²) in [6.45, 7) is 11.3. The number of rotatable bonds is 4. The molecular weight excluding hydrogens is 443 g/mol. The molecule has 0 saturated heterocycles. The fraction of sp³-hybridized carbons (Fsp3) is 0.476. The summed E-state index contributed by atoms with van der Waals surface area (Å²) in [7, 11) is 0. The molecule has 1 heterocycles. The number of phenols is 1. The van der Waals surface area contributed by atoms with E-state index in [1.807, 2.05) is 41.5 Å². The summed E-state index contributed by atoms with van der Waals surface area (Å²) in [6, 6.07) is 3.03. The highest BCUT2D eigenvalue weighted by Gasteiger charge is 2.42. The molecule has 0 bridgehead atoms. The van der Waals surface area contributed by atoms with Gasteiger partial charge in [-0.05, 0) is 27.5 Å². The highest BCUT2D eigenvalue weighted by atomic mass is 35.5. The number of halogens is 5. The molecule has 0 fully saturated rings. The first-order valence-corrected chi connectivity index (χ1v) is 10.1. The highest BCUT2D eigenvalue weighted by molar-refractivity contribution is 6.49. The number of hydrogen-bond donors (Lipinski definition) is 2. The summed E-state index contributed by atoms with van der Waals surface area (Å²) < 4.78 is 29.8. The Labute approximate surface area is 184 Å². The van der Waals surface area contributed by atoms with E-state index in [1.54, 1.807) is 0 Å². The second-order valence-electron chi connectivity index (χ2n) is 9.19. The molecule has 0 amide bonds. The summed E-state index contributed by atoms with van der Waals surface area (Å²) >= 11 is 17.4. The molecule has 0 radical (unpaired) electrons. The molecule has 0 aliphatic heterocycles. The Hall–Kier alpha value is -1.30. The van der Waals surface area contributed by atoms with Crippen LogP contribution in [0.4, 0.5) is 8.78 Å². The van der Waals surface area contributed by atoms with Crippen molar-refractivity contribution in [2.45, 2.75) is 64.7 Å². The number of hydrogen-bond acceptors (Lipinski definition) is 2. The van der Waals surface area contributed by atoms with E-state index in [-0.39, 0.29) is 26.5 Å². The molecule has 3 nitrogen and oxygen atoms in total. The molecule has 0 unspecified atom stereocenters. The average Bonchev–Trinajstić information content (AvgIpc) is 2.80. The van der Waals surface area contributed by atoms with Gasteiger partial charge in [-0.25, -0.2) is 0 Å². The minimum Gasteiger partial charge on any atom is -0.507 e. The number of alkyl halides is 2. The summed E-state index contributed by atoms with van der Waals surface area (Å²) in [5.74, 6) is -5.18. The molecular formula is C21H24Cl3F2NO2. The normalized spacial score (nSPS) is 13.1. The maximum absolute atomic E-state index is 14.9. The number of carbonyl (C=O) groups excluding carboxylic acids is 1. The number of aromatic nitrogens is 1. The van der Waals surface area contributed by atoms with Crippen molar-refractivity contribution < 1.29 is 18.7 Å². The molecule has 160 valence electrons. The lowest BCUT2D eigenvalue weighted by Crippen LogP contribution is -2.32. The zero-order valence-corrected chi connectivity index (χ0v) is 19.4. The topological polar surface area (TPSA) is 53.1 Å². The van der Waals surface area contributed by atoms with E-state index in [1.165, 1.54) is 12.1 Å². The summed E-state index contributed by atoms with van der Waals surface area (Å²) in [6.07, 6.45) is -0.858. The number of carbonyl (C=O) groups is 1. The number of H-pyrrole nitrogens is 1. The van der Waals surface area contributed by atoms with Crippen molar-refractivity contribution in [1.29, 1.82) is 0 Å². The number of aromatic hydroxyl groups is 1. The number of Topliss-reactive ketones (excluding diaryl/α,β-unsaturated/α-hetero) is 1. The first-order valence-electron chi connectivity index (χ1n) is 8.98. The minimum atomic E-state index is -3.76. The molecule has 0 aliphatic rings. The van der Waals surface area contributed by atoms with Crippen molar-refractivity contribution in [1.82, 2.24) is 4.98 Å². The van der Waals surface area contributed by atoms with E-state index in [0.717, 1.165) is 0 Å². The second-order valence-corrected chi connectivity index (χ2v) is 10.3. The van der Waals surface area contributed by atoms with E-state index in [9.17, 15) is 18.7 Å². The van der Waals surface area contributed by atoms with Crippen LogP contribution in [0, 0.1) is 0 Å². The number of nitrogens with one attached hydrogen (secondary N) is 1. The monoisotopic (exact) mass is 465 g/mol. The average molecular weight is 467 g/mol. The van der Waals surface area contributed by atoms with Crippen LogP contribution in [0.25, 0.3) is 0 Å². The van der Waals surface area contributed by atoms with Gasteiger partial charge in [-0.1, -0.05) is 88.5 Å². The molecule has 2 N–H and O–H groups in total. The SMILES string of the molecule is CC(C)(C)c1cc(CC(F)(F)C(=O)c2[nH]c(Cl)c(Cl)c2Cl)cc(C(C)(C)C)c1O. The molecule has 2 aromatic rings. The second kappa shape index (κ2) is 7.75. The van der Waals surface area contributed by atoms with E-state index in [0.29, 0.717) is 11.1 Å². The molecule has 8 heteroatoms. The Morgan fingerprint density at radius 1 is 0.966 bits per heavy atom. The molecule has 0 aliphatic carbocycles. The van der Waals surface area contributed by atoms with E-state index >= 15 is 0 Å². The van der Waals surface area contributed by atoms with Crippen LogP contribution in [0.15, 0.2) is 12.1 Å². The van der Waals surface area contributed by atoms with Crippen LogP contribution < -0.4 is 0 Å². The van der Waals surface area contributed by atoms with Crippen molar-refractivity contribution in [2.75, 3.05) is 0 Å². The zero-order chi connectivity index (χ0) is 22.5. The molecule has 2 rings (SSSR count). The van der Waals surface area contributed by atoms with Crippen molar-refractivity contribution in [3.8, 4) is 5.75 Å². The fourth-order valence-electron chi connectivity index (χ4n) is 3.04. The van der Waals surface area contributed by atoms with Crippen molar-refractivity contribution in [3.63, 3.8) is 0 Å². The molecule has 1 aromatic heterocycles. The summed E-state index contributed by atoms with van der Waals surface area (Å²) in [5, 5.41) is 10.0. The highest BCUT2D eigenvalue weighted by Crippen LogP contribution is 2.41. The van der Waals surface area contributed by atoms with E-state index in [4.69, 9.17) is 34.8 Å². The van der Waals surface area contributed by atoms with Crippen LogP contribution in [-0.4, -0.2) is 21.8 Å². The summed E-state index contributed by atoms with van der Waals surface area (Å²) in [5.41, 5.74) is -0.195. The molecule has 0 spiro atoms. The molecule has 1 aromatic carbocycles. The largest absolute Gasteiger partial charge is 0.507 e. The first kappa shape index (κ1) is 24.0. The molecule has 0 saturated carbocycles. The van der Waals surface area contributed by atoms with Crippen LogP contribution >= 0.6 is 34.8 Å². The van der Waals surface area contributed by atoms with Gasteiger partial charge in [0.05, 0.1) is 10.0 Å². The minimum absolute atomic E-state index is 0.0781. The lowest BCUT2D eigenvalue weighted by atomic mass is 9.78. The van der Waals surface area contributed by atoms with Gasteiger partial charge >= 0.3 is 5.92 Å². The third kappa shape index (κ3) is 4.89. The fourth-order valence-corrected chi connectivity index (χ4v) is 3.65. The number of benzene rings is 1. The number of aromatic amines is 1. The lowest BCUT2D eigenvalue weighted by molar-refractivity contribution is 0.0102. The maximum atomic E-state index is 14.9. The van der Waals surface area contributed by atoms with Crippen molar-refractivity contribution in [2.24, 2.45) is 0 Å². The van der Waals surface area contributed by atoms with Gasteiger partial charge in [-0.2, -0.15) is 8.78 Å². The van der Waals surface area contributed by atoms with Crippen LogP contribution in [0.1, 0.15) is 68.7 Å². The van der Waals surface area contributed by atoms with Gasteiger partial charge in [-0.15, -0.1) is 0 Å². The summed E-state index contributed by atoms with van der Waals surface area (Å²) in [4.78, 5) is 14.8. The molecule has 0 atom stereocenters. The van der Waals surface area contributed by atoms with Crippen LogP contribution in [0.5, 0.6) is 5.75 Å². The van der Waals surface area contributed by atoms with Gasteiger partial charge in [0.1, 0.15) is 16.6 Å². The predicted octanol–water partition coefficient (Wildman–Crippen LogP) is 7.34. The Kier molecular flexibility index (Phi) is 6.41. The van der Waals surface area contributed by atoms with Crippen LogP contribution in [0.2, 0.25) is 15.2 Å². The lowest BCUT2D eigenvalue weighted by Gasteiger charge is -2.28. The Bertz CT molecular complexity index is 919. The van der Waals surface area contributed by atoms with Crippen LogP contribution in [-0.2, 0) is 17.3 Å². The Morgan fingerprint density at radius 3 is 1.76 bits per heavy atom. The predicted molar refractivity (Wildman–Crippen MR) is 114 cm³/mol. The quantitative estimate of drug-likeness (QED) is 0.463. The third-order valence-corrected chi connectivity index (χ3v) is 5.84. The zero-order valence-electron chi connectivity index (χ0n) is 17.1. The van der Waals surface area contributed by atoms with E-state index < -0.39 is 34.7 Å². The number of phenolic OH excluding ortho intramolecular Hbond substituents is 1. The Morgan fingerprint density at radius 2 is 1.41 bits per heavy atom. The van der Waals surface area contributed by atoms with Crippen LogP contribution in [0.3, 0.4) is 0 Å². The smallest absolute Gasteiger partial charge is 0.315 e.